The van der Waals surface area contributed by atoms with E-state index >= 15 is 0 Å². The highest BCUT2D eigenvalue weighted by molar-refractivity contribution is 5.73. The highest BCUT2D eigenvalue weighted by atomic mass is 16.2. The van der Waals surface area contributed by atoms with E-state index in [1.54, 1.807) is 13.1 Å². The number of hydrogen-bond donors (Lipinski definition) is 1. The predicted molar refractivity (Wildman–Crippen MR) is 88.2 cm³/mol. The highest BCUT2D eigenvalue weighted by Gasteiger charge is 2.20. The molecule has 1 aliphatic heterocycles. The summed E-state index contributed by atoms with van der Waals surface area (Å²) in [7, 11) is 4.15. The van der Waals surface area contributed by atoms with Gasteiger partial charge in [-0.3, -0.25) is 4.79 Å². The van der Waals surface area contributed by atoms with Gasteiger partial charge in [-0.25, -0.2) is 4.98 Å². The number of aromatic nitrogens is 2. The van der Waals surface area contributed by atoms with Crippen molar-refractivity contribution in [2.75, 3.05) is 63.6 Å². The molecule has 0 bridgehead atoms. The molecule has 0 spiro atoms. The fourth-order valence-corrected chi connectivity index (χ4v) is 2.43. The standard InChI is InChI=1S/C15H26N6O/c1-13(22)20-9-11-21(12-10-20)15-17-7-5-14(18-15)16-6-4-8-19(2)3/h5,7H,4,6,8-12H2,1-3H3,(H,16,17,18). The number of carbonyl (C=O) groups is 1. The molecule has 0 aromatic carbocycles. The third kappa shape index (κ3) is 4.84. The van der Waals surface area contributed by atoms with Crippen molar-refractivity contribution in [1.29, 1.82) is 0 Å². The minimum Gasteiger partial charge on any atom is -0.370 e. The lowest BCUT2D eigenvalue weighted by atomic mass is 10.3. The van der Waals surface area contributed by atoms with Crippen LogP contribution in [0.3, 0.4) is 0 Å². The summed E-state index contributed by atoms with van der Waals surface area (Å²) < 4.78 is 0. The van der Waals surface area contributed by atoms with E-state index in [0.29, 0.717) is 0 Å². The predicted octanol–water partition coefficient (Wildman–Crippen LogP) is 0.509. The minimum atomic E-state index is 0.136. The molecule has 2 heterocycles. The molecule has 0 radical (unpaired) electrons. The summed E-state index contributed by atoms with van der Waals surface area (Å²) in [6.07, 6.45) is 2.86. The molecule has 1 fully saturated rings. The molecule has 2 rings (SSSR count). The first kappa shape index (κ1) is 16.5. The number of carbonyl (C=O) groups excluding carboxylic acids is 1. The zero-order chi connectivity index (χ0) is 15.9. The van der Waals surface area contributed by atoms with Gasteiger partial charge in [0.1, 0.15) is 5.82 Å². The van der Waals surface area contributed by atoms with E-state index < -0.39 is 0 Å². The lowest BCUT2D eigenvalue weighted by Gasteiger charge is -2.34. The Balaban J connectivity index is 1.85. The summed E-state index contributed by atoms with van der Waals surface area (Å²) in [5.74, 6) is 1.73. The SMILES string of the molecule is CC(=O)N1CCN(c2nccc(NCCCN(C)C)n2)CC1. The van der Waals surface area contributed by atoms with Gasteiger partial charge in [0.15, 0.2) is 0 Å². The number of rotatable bonds is 6. The van der Waals surface area contributed by atoms with E-state index in [1.165, 1.54) is 0 Å². The van der Waals surface area contributed by atoms with Crippen molar-refractivity contribution in [3.8, 4) is 0 Å². The van der Waals surface area contributed by atoms with Crippen molar-refractivity contribution in [2.45, 2.75) is 13.3 Å². The van der Waals surface area contributed by atoms with Gasteiger partial charge in [-0.05, 0) is 33.1 Å². The van der Waals surface area contributed by atoms with E-state index in [-0.39, 0.29) is 5.91 Å². The average Bonchev–Trinajstić information content (AvgIpc) is 2.52. The van der Waals surface area contributed by atoms with E-state index in [1.807, 2.05) is 11.0 Å². The van der Waals surface area contributed by atoms with Crippen LogP contribution in [-0.2, 0) is 4.79 Å². The summed E-state index contributed by atoms with van der Waals surface area (Å²) in [6, 6.07) is 1.89. The van der Waals surface area contributed by atoms with Crippen LogP contribution >= 0.6 is 0 Å². The Hall–Kier alpha value is -1.89. The molecular weight excluding hydrogens is 280 g/mol. The van der Waals surface area contributed by atoms with E-state index in [2.05, 4.69) is 39.2 Å². The Labute approximate surface area is 132 Å². The molecule has 1 saturated heterocycles. The van der Waals surface area contributed by atoms with Gasteiger partial charge < -0.3 is 20.0 Å². The van der Waals surface area contributed by atoms with Crippen LogP contribution in [0.2, 0.25) is 0 Å². The zero-order valence-corrected chi connectivity index (χ0v) is 13.7. The maximum absolute atomic E-state index is 11.4. The summed E-state index contributed by atoms with van der Waals surface area (Å²) >= 11 is 0. The van der Waals surface area contributed by atoms with Crippen molar-refractivity contribution < 1.29 is 4.79 Å². The second-order valence-corrected chi connectivity index (χ2v) is 5.82. The second-order valence-electron chi connectivity index (χ2n) is 5.82. The number of nitrogens with zero attached hydrogens (tertiary/aromatic N) is 5. The molecule has 1 aromatic rings. The normalized spacial score (nSPS) is 15.3. The quantitative estimate of drug-likeness (QED) is 0.773. The Morgan fingerprint density at radius 3 is 2.68 bits per heavy atom. The van der Waals surface area contributed by atoms with Crippen molar-refractivity contribution in [3.05, 3.63) is 12.3 Å². The first-order chi connectivity index (χ1) is 10.6. The molecule has 1 amide bonds. The summed E-state index contributed by atoms with van der Waals surface area (Å²) in [4.78, 5) is 26.4. The van der Waals surface area contributed by atoms with Gasteiger partial charge in [0.05, 0.1) is 0 Å². The van der Waals surface area contributed by atoms with E-state index in [0.717, 1.165) is 57.5 Å². The average molecular weight is 306 g/mol. The summed E-state index contributed by atoms with van der Waals surface area (Å²) in [6.45, 7) is 6.60. The molecule has 1 N–H and O–H groups in total. The maximum Gasteiger partial charge on any atom is 0.227 e. The van der Waals surface area contributed by atoms with Crippen molar-refractivity contribution >= 4 is 17.7 Å². The highest BCUT2D eigenvalue weighted by Crippen LogP contribution is 2.13. The maximum atomic E-state index is 11.4. The number of hydrogen-bond acceptors (Lipinski definition) is 6. The van der Waals surface area contributed by atoms with Crippen LogP contribution in [0.4, 0.5) is 11.8 Å². The Morgan fingerprint density at radius 2 is 2.05 bits per heavy atom. The fourth-order valence-electron chi connectivity index (χ4n) is 2.43. The molecule has 0 atom stereocenters. The molecule has 0 saturated carbocycles. The number of anilines is 2. The van der Waals surface area contributed by atoms with Crippen molar-refractivity contribution in [3.63, 3.8) is 0 Å². The number of nitrogens with one attached hydrogen (secondary N) is 1. The molecular formula is C15H26N6O. The van der Waals surface area contributed by atoms with Crippen LogP contribution in [0.1, 0.15) is 13.3 Å². The topological polar surface area (TPSA) is 64.6 Å². The zero-order valence-electron chi connectivity index (χ0n) is 13.7. The molecule has 1 aromatic heterocycles. The van der Waals surface area contributed by atoms with Gasteiger partial charge in [0.2, 0.25) is 11.9 Å². The molecule has 0 aliphatic carbocycles. The van der Waals surface area contributed by atoms with Gasteiger partial charge in [0.25, 0.3) is 0 Å². The lowest BCUT2D eigenvalue weighted by Crippen LogP contribution is -2.48. The van der Waals surface area contributed by atoms with Crippen LogP contribution in [0.25, 0.3) is 0 Å². The van der Waals surface area contributed by atoms with Gasteiger partial charge >= 0.3 is 0 Å². The number of amides is 1. The van der Waals surface area contributed by atoms with Gasteiger partial charge in [-0.2, -0.15) is 4.98 Å². The lowest BCUT2D eigenvalue weighted by molar-refractivity contribution is -0.129. The second kappa shape index (κ2) is 7.93. The Bertz CT molecular complexity index is 485. The van der Waals surface area contributed by atoms with Crippen molar-refractivity contribution in [1.82, 2.24) is 19.8 Å². The first-order valence-electron chi connectivity index (χ1n) is 7.78. The molecule has 7 heteroatoms. The monoisotopic (exact) mass is 306 g/mol. The number of piperazine rings is 1. The van der Waals surface area contributed by atoms with Crippen LogP contribution < -0.4 is 10.2 Å². The van der Waals surface area contributed by atoms with Crippen LogP contribution in [0.15, 0.2) is 12.3 Å². The first-order valence-corrected chi connectivity index (χ1v) is 7.78. The molecule has 22 heavy (non-hydrogen) atoms. The molecule has 122 valence electrons. The van der Waals surface area contributed by atoms with Crippen molar-refractivity contribution in [2.24, 2.45) is 0 Å². The third-order valence-corrected chi connectivity index (χ3v) is 3.74. The van der Waals surface area contributed by atoms with Gasteiger partial charge in [-0.1, -0.05) is 0 Å². The summed E-state index contributed by atoms with van der Waals surface area (Å²) in [5.41, 5.74) is 0. The third-order valence-electron chi connectivity index (χ3n) is 3.74. The van der Waals surface area contributed by atoms with Crippen LogP contribution in [-0.4, -0.2) is 79.0 Å². The minimum absolute atomic E-state index is 0.136. The van der Waals surface area contributed by atoms with Gasteiger partial charge in [0, 0.05) is 45.8 Å². The molecule has 1 aliphatic rings. The molecule has 7 nitrogen and oxygen atoms in total. The largest absolute Gasteiger partial charge is 0.370 e. The fraction of sp³-hybridized carbons (Fsp3) is 0.667. The Kier molecular flexibility index (Phi) is 5.94. The van der Waals surface area contributed by atoms with Gasteiger partial charge in [-0.15, -0.1) is 0 Å². The van der Waals surface area contributed by atoms with E-state index in [4.69, 9.17) is 0 Å². The summed E-state index contributed by atoms with van der Waals surface area (Å²) in [5, 5.41) is 3.34. The van der Waals surface area contributed by atoms with E-state index in [9.17, 15) is 4.79 Å². The molecule has 0 unspecified atom stereocenters. The van der Waals surface area contributed by atoms with Crippen LogP contribution in [0.5, 0.6) is 0 Å². The van der Waals surface area contributed by atoms with Crippen LogP contribution in [0, 0.1) is 0 Å². The smallest absolute Gasteiger partial charge is 0.227 e. The Morgan fingerprint density at radius 1 is 1.32 bits per heavy atom.